The molecule has 6 heteroatoms. The lowest BCUT2D eigenvalue weighted by atomic mass is 9.94. The molecule has 1 aliphatic heterocycles. The summed E-state index contributed by atoms with van der Waals surface area (Å²) in [6.45, 7) is 5.62. The van der Waals surface area contributed by atoms with Gasteiger partial charge >= 0.3 is 12.0 Å². The van der Waals surface area contributed by atoms with Crippen molar-refractivity contribution in [2.24, 2.45) is 5.92 Å². The first-order valence-electron chi connectivity index (χ1n) is 7.46. The number of urea groups is 1. The first-order valence-corrected chi connectivity index (χ1v) is 7.46. The molecule has 0 aromatic rings. The summed E-state index contributed by atoms with van der Waals surface area (Å²) >= 11 is 0. The number of nitrogens with zero attached hydrogens (tertiary/aromatic N) is 2. The van der Waals surface area contributed by atoms with Gasteiger partial charge in [-0.15, -0.1) is 0 Å². The highest BCUT2D eigenvalue weighted by molar-refractivity contribution is 5.75. The molecular weight excluding hydrogens is 258 g/mol. The number of amides is 2. The van der Waals surface area contributed by atoms with Crippen molar-refractivity contribution in [2.45, 2.75) is 32.6 Å². The monoisotopic (exact) mass is 285 g/mol. The van der Waals surface area contributed by atoms with Gasteiger partial charge in [-0.1, -0.05) is 0 Å². The maximum atomic E-state index is 11.9. The van der Waals surface area contributed by atoms with Gasteiger partial charge in [-0.3, -0.25) is 4.79 Å². The van der Waals surface area contributed by atoms with Crippen LogP contribution < -0.4 is 5.32 Å². The first-order chi connectivity index (χ1) is 9.52. The van der Waals surface area contributed by atoms with Gasteiger partial charge in [0.2, 0.25) is 0 Å². The molecule has 0 atom stereocenters. The van der Waals surface area contributed by atoms with E-state index in [-0.39, 0.29) is 19.0 Å². The molecule has 20 heavy (non-hydrogen) atoms. The molecule has 1 heterocycles. The van der Waals surface area contributed by atoms with Crippen molar-refractivity contribution in [1.29, 1.82) is 0 Å². The third-order valence-corrected chi connectivity index (χ3v) is 3.93. The van der Waals surface area contributed by atoms with Gasteiger partial charge in [0.15, 0.2) is 0 Å². The zero-order chi connectivity index (χ0) is 15.0. The topological polar surface area (TPSA) is 72.9 Å². The Labute approximate surface area is 121 Å². The third-order valence-electron chi connectivity index (χ3n) is 3.93. The van der Waals surface area contributed by atoms with E-state index in [1.165, 1.54) is 12.8 Å². The molecule has 0 bridgehead atoms. The van der Waals surface area contributed by atoms with Crippen LogP contribution in [-0.4, -0.2) is 66.7 Å². The van der Waals surface area contributed by atoms with Crippen LogP contribution in [0.4, 0.5) is 4.79 Å². The van der Waals surface area contributed by atoms with Crippen molar-refractivity contribution in [3.8, 4) is 0 Å². The summed E-state index contributed by atoms with van der Waals surface area (Å²) in [6.07, 6.45) is 3.40. The predicted molar refractivity (Wildman–Crippen MR) is 77.7 cm³/mol. The Bertz CT molecular complexity index is 315. The fraction of sp³-hybridized carbons (Fsp3) is 0.857. The average molecular weight is 285 g/mol. The van der Waals surface area contributed by atoms with Crippen molar-refractivity contribution in [2.75, 3.05) is 39.8 Å². The van der Waals surface area contributed by atoms with Crippen molar-refractivity contribution >= 4 is 12.0 Å². The van der Waals surface area contributed by atoms with E-state index in [2.05, 4.69) is 17.3 Å². The normalized spacial score (nSPS) is 16.9. The first kappa shape index (κ1) is 16.8. The van der Waals surface area contributed by atoms with Crippen LogP contribution in [0.5, 0.6) is 0 Å². The number of hydrogen-bond acceptors (Lipinski definition) is 3. The molecule has 1 saturated heterocycles. The maximum absolute atomic E-state index is 11.9. The van der Waals surface area contributed by atoms with Gasteiger partial charge in [0.25, 0.3) is 0 Å². The van der Waals surface area contributed by atoms with Gasteiger partial charge in [0.05, 0.1) is 6.42 Å². The number of aliphatic carboxylic acids is 1. The molecule has 0 aliphatic carbocycles. The average Bonchev–Trinajstić information content (AvgIpc) is 2.41. The van der Waals surface area contributed by atoms with Gasteiger partial charge in [0, 0.05) is 19.6 Å². The second kappa shape index (κ2) is 8.79. The standard InChI is InChI=1S/C14H27N3O3/c1-3-17(11-7-13(18)19)14(20)15-8-4-12-5-9-16(2)10-6-12/h12H,3-11H2,1-2H3,(H,15,20)(H,18,19). The van der Waals surface area contributed by atoms with E-state index in [0.717, 1.165) is 19.5 Å². The summed E-state index contributed by atoms with van der Waals surface area (Å²) in [7, 11) is 2.14. The summed E-state index contributed by atoms with van der Waals surface area (Å²) in [5.41, 5.74) is 0. The quantitative estimate of drug-likeness (QED) is 0.738. The summed E-state index contributed by atoms with van der Waals surface area (Å²) in [5, 5.41) is 11.5. The Morgan fingerprint density at radius 1 is 1.35 bits per heavy atom. The number of carboxylic acids is 1. The van der Waals surface area contributed by atoms with Crippen LogP contribution >= 0.6 is 0 Å². The molecule has 1 aliphatic rings. The maximum Gasteiger partial charge on any atom is 0.317 e. The molecule has 116 valence electrons. The molecule has 0 aromatic carbocycles. The lowest BCUT2D eigenvalue weighted by Crippen LogP contribution is -2.42. The summed E-state index contributed by atoms with van der Waals surface area (Å²) in [4.78, 5) is 26.3. The number of rotatable bonds is 7. The van der Waals surface area contributed by atoms with Crippen LogP contribution in [-0.2, 0) is 4.79 Å². The lowest BCUT2D eigenvalue weighted by Gasteiger charge is -2.29. The van der Waals surface area contributed by atoms with Gasteiger partial charge in [0.1, 0.15) is 0 Å². The van der Waals surface area contributed by atoms with Crippen LogP contribution in [0.15, 0.2) is 0 Å². The molecule has 0 radical (unpaired) electrons. The second-order valence-electron chi connectivity index (χ2n) is 5.49. The number of carboxylic acid groups (broad SMARTS) is 1. The minimum Gasteiger partial charge on any atom is -0.481 e. The Morgan fingerprint density at radius 2 is 2.00 bits per heavy atom. The highest BCUT2D eigenvalue weighted by Gasteiger charge is 2.17. The Kier molecular flexibility index (Phi) is 7.36. The van der Waals surface area contributed by atoms with Crippen LogP contribution in [0.25, 0.3) is 0 Å². The number of likely N-dealkylation sites (tertiary alicyclic amines) is 1. The Morgan fingerprint density at radius 3 is 2.55 bits per heavy atom. The minimum absolute atomic E-state index is 0.00375. The van der Waals surface area contributed by atoms with Gasteiger partial charge in [-0.2, -0.15) is 0 Å². The summed E-state index contributed by atoms with van der Waals surface area (Å²) in [5.74, 6) is -0.178. The summed E-state index contributed by atoms with van der Waals surface area (Å²) in [6, 6.07) is -0.151. The van der Waals surface area contributed by atoms with Gasteiger partial charge in [-0.25, -0.2) is 4.79 Å². The second-order valence-corrected chi connectivity index (χ2v) is 5.49. The van der Waals surface area contributed by atoms with Crippen molar-refractivity contribution in [1.82, 2.24) is 15.1 Å². The number of piperidine rings is 1. The van der Waals surface area contributed by atoms with Crippen LogP contribution in [0.1, 0.15) is 32.6 Å². The van der Waals surface area contributed by atoms with E-state index in [4.69, 9.17) is 5.11 Å². The van der Waals surface area contributed by atoms with Crippen molar-refractivity contribution in [3.63, 3.8) is 0 Å². The fourth-order valence-electron chi connectivity index (χ4n) is 2.48. The van der Waals surface area contributed by atoms with Gasteiger partial charge < -0.3 is 20.2 Å². The van der Waals surface area contributed by atoms with E-state index >= 15 is 0 Å². The highest BCUT2D eigenvalue weighted by Crippen LogP contribution is 2.18. The summed E-state index contributed by atoms with van der Waals surface area (Å²) < 4.78 is 0. The number of nitrogens with one attached hydrogen (secondary N) is 1. The Balaban J connectivity index is 2.19. The number of carbonyl (C=O) groups is 2. The minimum atomic E-state index is -0.873. The van der Waals surface area contributed by atoms with E-state index in [1.807, 2.05) is 6.92 Å². The largest absolute Gasteiger partial charge is 0.481 e. The SMILES string of the molecule is CCN(CCC(=O)O)C(=O)NCCC1CCN(C)CC1. The molecule has 2 N–H and O–H groups in total. The van der Waals surface area contributed by atoms with E-state index in [1.54, 1.807) is 4.90 Å². The smallest absolute Gasteiger partial charge is 0.317 e. The van der Waals surface area contributed by atoms with E-state index in [9.17, 15) is 9.59 Å². The molecule has 0 aromatic heterocycles. The molecule has 1 rings (SSSR count). The highest BCUT2D eigenvalue weighted by atomic mass is 16.4. The lowest BCUT2D eigenvalue weighted by molar-refractivity contribution is -0.137. The number of hydrogen-bond donors (Lipinski definition) is 2. The fourth-order valence-corrected chi connectivity index (χ4v) is 2.48. The molecule has 1 fully saturated rings. The van der Waals surface area contributed by atoms with E-state index < -0.39 is 5.97 Å². The third kappa shape index (κ3) is 6.23. The molecule has 0 unspecified atom stereocenters. The van der Waals surface area contributed by atoms with Crippen LogP contribution in [0, 0.1) is 5.92 Å². The molecule has 0 spiro atoms. The number of carbonyl (C=O) groups excluding carboxylic acids is 1. The van der Waals surface area contributed by atoms with Crippen molar-refractivity contribution in [3.05, 3.63) is 0 Å². The molecule has 6 nitrogen and oxygen atoms in total. The van der Waals surface area contributed by atoms with Crippen LogP contribution in [0.2, 0.25) is 0 Å². The molecule has 2 amide bonds. The van der Waals surface area contributed by atoms with Crippen LogP contribution in [0.3, 0.4) is 0 Å². The molecule has 0 saturated carbocycles. The van der Waals surface area contributed by atoms with E-state index in [0.29, 0.717) is 19.0 Å². The van der Waals surface area contributed by atoms with Gasteiger partial charge in [-0.05, 0) is 52.2 Å². The zero-order valence-electron chi connectivity index (χ0n) is 12.6. The zero-order valence-corrected chi connectivity index (χ0v) is 12.6. The van der Waals surface area contributed by atoms with Crippen molar-refractivity contribution < 1.29 is 14.7 Å². The Hall–Kier alpha value is -1.30. The predicted octanol–water partition coefficient (Wildman–Crippen LogP) is 1.22. The molecular formula is C14H27N3O3.